The second-order valence-electron chi connectivity index (χ2n) is 6.83. The fraction of sp³-hybridized carbons (Fsp3) is 0.579. The van der Waals surface area contributed by atoms with E-state index in [-0.39, 0.29) is 0 Å². The molecule has 0 spiro atoms. The molecule has 0 fully saturated rings. The van der Waals surface area contributed by atoms with Gasteiger partial charge in [-0.15, -0.1) is 0 Å². The fourth-order valence-corrected chi connectivity index (χ4v) is 2.96. The fourth-order valence-electron chi connectivity index (χ4n) is 2.96. The number of nitrogens with zero attached hydrogens (tertiary/aromatic N) is 4. The molecule has 25 heavy (non-hydrogen) atoms. The monoisotopic (exact) mass is 345 g/mol. The first-order valence-corrected chi connectivity index (χ1v) is 8.89. The van der Waals surface area contributed by atoms with Gasteiger partial charge in [-0.2, -0.15) is 5.10 Å². The summed E-state index contributed by atoms with van der Waals surface area (Å²) in [6.07, 6.45) is 2.10. The minimum absolute atomic E-state index is 0.403. The molecule has 2 aromatic heterocycles. The average Bonchev–Trinajstić information content (AvgIpc) is 3.05. The zero-order chi connectivity index (χ0) is 18.6. The van der Waals surface area contributed by atoms with Crippen molar-refractivity contribution in [1.82, 2.24) is 20.0 Å². The van der Waals surface area contributed by atoms with Crippen molar-refractivity contribution in [1.29, 1.82) is 0 Å². The summed E-state index contributed by atoms with van der Waals surface area (Å²) in [5.41, 5.74) is 3.51. The number of guanidine groups is 1. The number of rotatable bonds is 6. The van der Waals surface area contributed by atoms with Crippen molar-refractivity contribution in [2.75, 3.05) is 13.6 Å². The molecule has 0 aliphatic heterocycles. The predicted octanol–water partition coefficient (Wildman–Crippen LogP) is 3.35. The third-order valence-electron chi connectivity index (χ3n) is 4.13. The topological polar surface area (TPSA) is 58.6 Å². The van der Waals surface area contributed by atoms with Gasteiger partial charge < -0.3 is 14.6 Å². The van der Waals surface area contributed by atoms with Crippen molar-refractivity contribution in [3.8, 4) is 0 Å². The third kappa shape index (κ3) is 4.87. The second-order valence-corrected chi connectivity index (χ2v) is 6.83. The molecule has 6 nitrogen and oxygen atoms in total. The van der Waals surface area contributed by atoms with Crippen LogP contribution in [0.4, 0.5) is 0 Å². The van der Waals surface area contributed by atoms with Gasteiger partial charge in [-0.3, -0.25) is 4.68 Å². The van der Waals surface area contributed by atoms with Crippen molar-refractivity contribution < 1.29 is 4.42 Å². The van der Waals surface area contributed by atoms with Gasteiger partial charge in [0, 0.05) is 44.5 Å². The lowest BCUT2D eigenvalue weighted by atomic mass is 10.1. The molecule has 6 heteroatoms. The van der Waals surface area contributed by atoms with Crippen LogP contribution in [0.25, 0.3) is 0 Å². The highest BCUT2D eigenvalue weighted by Gasteiger charge is 2.15. The molecule has 0 unspecified atom stereocenters. The second kappa shape index (κ2) is 8.23. The molecule has 0 amide bonds. The minimum Gasteiger partial charge on any atom is -0.466 e. The number of aryl methyl sites for hydroxylation is 3. The molecule has 0 saturated carbocycles. The van der Waals surface area contributed by atoms with E-state index in [0.717, 1.165) is 41.8 Å². The van der Waals surface area contributed by atoms with Gasteiger partial charge in [-0.1, -0.05) is 13.8 Å². The van der Waals surface area contributed by atoms with E-state index in [4.69, 9.17) is 9.41 Å². The smallest absolute Gasteiger partial charge is 0.194 e. The molecule has 0 aliphatic carbocycles. The van der Waals surface area contributed by atoms with E-state index >= 15 is 0 Å². The Kier molecular flexibility index (Phi) is 6.28. The van der Waals surface area contributed by atoms with E-state index in [1.807, 2.05) is 25.6 Å². The number of hydrogen-bond acceptors (Lipinski definition) is 3. The third-order valence-corrected chi connectivity index (χ3v) is 4.13. The van der Waals surface area contributed by atoms with Crippen LogP contribution in [-0.2, 0) is 20.1 Å². The van der Waals surface area contributed by atoms with Crippen molar-refractivity contribution in [3.63, 3.8) is 0 Å². The van der Waals surface area contributed by atoms with Gasteiger partial charge in [0.25, 0.3) is 0 Å². The maximum absolute atomic E-state index is 5.59. The Hall–Kier alpha value is -2.24. The highest BCUT2D eigenvalue weighted by Crippen LogP contribution is 2.19. The highest BCUT2D eigenvalue weighted by molar-refractivity contribution is 5.79. The van der Waals surface area contributed by atoms with Gasteiger partial charge in [0.05, 0.1) is 12.2 Å². The summed E-state index contributed by atoms with van der Waals surface area (Å²) in [4.78, 5) is 6.93. The number of nitrogens with one attached hydrogen (secondary N) is 1. The number of aromatic nitrogens is 2. The number of aliphatic imine (C=N–C) groups is 1. The Bertz CT molecular complexity index is 726. The highest BCUT2D eigenvalue weighted by atomic mass is 16.3. The normalized spacial score (nSPS) is 12.1. The largest absolute Gasteiger partial charge is 0.466 e. The summed E-state index contributed by atoms with van der Waals surface area (Å²) in [7, 11) is 4.03. The Labute approximate surface area is 150 Å². The molecule has 138 valence electrons. The lowest BCUT2D eigenvalue weighted by molar-refractivity contribution is 0.472. The molecule has 2 aromatic rings. The summed E-state index contributed by atoms with van der Waals surface area (Å²) in [5, 5.41) is 7.97. The number of hydrogen-bond donors (Lipinski definition) is 1. The van der Waals surface area contributed by atoms with E-state index in [1.165, 1.54) is 5.56 Å². The zero-order valence-electron chi connectivity index (χ0n) is 16.6. The van der Waals surface area contributed by atoms with Gasteiger partial charge in [0.1, 0.15) is 11.5 Å². The van der Waals surface area contributed by atoms with Crippen molar-refractivity contribution in [2.45, 2.75) is 53.6 Å². The Morgan fingerprint density at radius 1 is 1.36 bits per heavy atom. The minimum atomic E-state index is 0.403. The molecule has 2 heterocycles. The van der Waals surface area contributed by atoms with Crippen LogP contribution < -0.4 is 5.32 Å². The first-order valence-electron chi connectivity index (χ1n) is 8.89. The summed E-state index contributed by atoms with van der Waals surface area (Å²) in [6.45, 7) is 12.6. The van der Waals surface area contributed by atoms with Crippen LogP contribution in [0, 0.1) is 13.8 Å². The van der Waals surface area contributed by atoms with Gasteiger partial charge in [0.2, 0.25) is 0 Å². The summed E-state index contributed by atoms with van der Waals surface area (Å²) >= 11 is 0. The van der Waals surface area contributed by atoms with E-state index < -0.39 is 0 Å². The molecular weight excluding hydrogens is 314 g/mol. The van der Waals surface area contributed by atoms with E-state index in [0.29, 0.717) is 12.5 Å². The molecule has 1 N–H and O–H groups in total. The maximum Gasteiger partial charge on any atom is 0.194 e. The first-order chi connectivity index (χ1) is 11.8. The standard InChI is InChI=1S/C19H31N5O/c1-8-20-19(21-10-16-9-14(4)25-15(16)5)23(6)11-17-12-24(7)22-18(17)13(2)3/h9,12-13H,8,10-11H2,1-7H3,(H,20,21). The lowest BCUT2D eigenvalue weighted by Gasteiger charge is -2.22. The molecule has 0 bridgehead atoms. The Balaban J connectivity index is 2.16. The maximum atomic E-state index is 5.59. The molecule has 0 saturated heterocycles. The van der Waals surface area contributed by atoms with Gasteiger partial charge >= 0.3 is 0 Å². The molecule has 2 rings (SSSR count). The molecule has 0 aromatic carbocycles. The average molecular weight is 345 g/mol. The Morgan fingerprint density at radius 2 is 2.08 bits per heavy atom. The van der Waals surface area contributed by atoms with Crippen LogP contribution in [0.3, 0.4) is 0 Å². The lowest BCUT2D eigenvalue weighted by Crippen LogP contribution is -2.38. The molecule has 0 atom stereocenters. The summed E-state index contributed by atoms with van der Waals surface area (Å²) in [5.74, 6) is 3.16. The van der Waals surface area contributed by atoms with Crippen molar-refractivity contribution in [2.24, 2.45) is 12.0 Å². The van der Waals surface area contributed by atoms with Crippen LogP contribution in [0.2, 0.25) is 0 Å². The van der Waals surface area contributed by atoms with E-state index in [2.05, 4.69) is 55.4 Å². The van der Waals surface area contributed by atoms with Gasteiger partial charge in [-0.25, -0.2) is 4.99 Å². The van der Waals surface area contributed by atoms with Crippen LogP contribution in [0.15, 0.2) is 21.7 Å². The molecule has 0 radical (unpaired) electrons. The van der Waals surface area contributed by atoms with E-state index in [1.54, 1.807) is 0 Å². The van der Waals surface area contributed by atoms with Crippen LogP contribution in [0.5, 0.6) is 0 Å². The molecular formula is C19H31N5O. The van der Waals surface area contributed by atoms with Crippen molar-refractivity contribution >= 4 is 5.96 Å². The number of furan rings is 1. The van der Waals surface area contributed by atoms with Crippen LogP contribution in [0.1, 0.15) is 55.0 Å². The summed E-state index contributed by atoms with van der Waals surface area (Å²) in [6, 6.07) is 2.06. The van der Waals surface area contributed by atoms with Crippen LogP contribution in [-0.4, -0.2) is 34.2 Å². The molecule has 0 aliphatic rings. The first kappa shape index (κ1) is 19.1. The van der Waals surface area contributed by atoms with Gasteiger partial charge in [-0.05, 0) is 32.8 Å². The Morgan fingerprint density at radius 3 is 2.64 bits per heavy atom. The van der Waals surface area contributed by atoms with Crippen molar-refractivity contribution in [3.05, 3.63) is 40.6 Å². The van der Waals surface area contributed by atoms with Crippen LogP contribution >= 0.6 is 0 Å². The van der Waals surface area contributed by atoms with E-state index in [9.17, 15) is 0 Å². The zero-order valence-corrected chi connectivity index (χ0v) is 16.6. The van der Waals surface area contributed by atoms with Gasteiger partial charge in [0.15, 0.2) is 5.96 Å². The SMILES string of the molecule is CCNC(=NCc1cc(C)oc1C)N(C)Cc1cn(C)nc1C(C)C. The summed E-state index contributed by atoms with van der Waals surface area (Å²) < 4.78 is 7.48. The quantitative estimate of drug-likeness (QED) is 0.644. The predicted molar refractivity (Wildman–Crippen MR) is 102 cm³/mol.